The van der Waals surface area contributed by atoms with Crippen LogP contribution in [0.3, 0.4) is 0 Å². The molecule has 0 spiro atoms. The number of carbonyl (C=O) groups is 2. The predicted molar refractivity (Wildman–Crippen MR) is 88.7 cm³/mol. The molecular weight excluding hydrogens is 321 g/mol. The Morgan fingerprint density at radius 3 is 2.61 bits per heavy atom. The molecule has 1 heterocycles. The van der Waals surface area contributed by atoms with Crippen LogP contribution in [0, 0.1) is 11.7 Å². The molecule has 0 saturated carbocycles. The number of hydrogen-bond donors (Lipinski definition) is 2. The molecule has 1 saturated heterocycles. The molecule has 5 nitrogen and oxygen atoms in total. The summed E-state index contributed by atoms with van der Waals surface area (Å²) in [6.07, 6.45) is 0.826. The normalized spacial score (nSPS) is 16.5. The molecule has 0 radical (unpaired) electrons. The van der Waals surface area contributed by atoms with Gasteiger partial charge in [0.25, 0.3) is 0 Å². The topological polar surface area (TPSA) is 61.4 Å². The molecule has 1 atom stereocenters. The number of benzene rings is 1. The van der Waals surface area contributed by atoms with E-state index in [1.165, 1.54) is 12.1 Å². The fraction of sp³-hybridized carbons (Fsp3) is 0.500. The minimum Gasteiger partial charge on any atom is -0.350 e. The van der Waals surface area contributed by atoms with Crippen molar-refractivity contribution < 1.29 is 14.0 Å². The number of likely N-dealkylation sites (N-methyl/N-ethyl adjacent to an activating group) is 1. The van der Waals surface area contributed by atoms with Gasteiger partial charge >= 0.3 is 0 Å². The highest BCUT2D eigenvalue weighted by atomic mass is 35.5. The number of rotatable bonds is 6. The molecule has 1 aromatic rings. The van der Waals surface area contributed by atoms with Crippen LogP contribution in [0.1, 0.15) is 18.9 Å². The summed E-state index contributed by atoms with van der Waals surface area (Å²) in [5.74, 6) is -0.497. The number of amides is 2. The highest BCUT2D eigenvalue weighted by molar-refractivity contribution is 5.86. The Labute approximate surface area is 142 Å². The van der Waals surface area contributed by atoms with Crippen LogP contribution in [0.4, 0.5) is 4.39 Å². The second-order valence-corrected chi connectivity index (χ2v) is 5.45. The van der Waals surface area contributed by atoms with Crippen molar-refractivity contribution in [2.24, 2.45) is 5.92 Å². The van der Waals surface area contributed by atoms with Gasteiger partial charge in [0.15, 0.2) is 0 Å². The molecule has 1 aromatic carbocycles. The SMILES string of the molecule is CCN(CC(=O)NCc1ccc(F)cc1)C(=O)C1CCNC1.Cl. The smallest absolute Gasteiger partial charge is 0.239 e. The number of hydrogen-bond acceptors (Lipinski definition) is 3. The summed E-state index contributed by atoms with van der Waals surface area (Å²) in [5.41, 5.74) is 0.823. The van der Waals surface area contributed by atoms with Gasteiger partial charge < -0.3 is 15.5 Å². The third kappa shape index (κ3) is 5.80. The molecule has 0 aromatic heterocycles. The Kier molecular flexibility index (Phi) is 7.98. The summed E-state index contributed by atoms with van der Waals surface area (Å²) in [7, 11) is 0. The van der Waals surface area contributed by atoms with Crippen LogP contribution in [0.5, 0.6) is 0 Å². The zero-order chi connectivity index (χ0) is 15.9. The van der Waals surface area contributed by atoms with Gasteiger partial charge in [-0.15, -0.1) is 12.4 Å². The maximum Gasteiger partial charge on any atom is 0.239 e. The third-order valence-electron chi connectivity index (χ3n) is 3.84. The van der Waals surface area contributed by atoms with Gasteiger partial charge in [0, 0.05) is 19.6 Å². The molecule has 0 aliphatic carbocycles. The molecule has 0 bridgehead atoms. The van der Waals surface area contributed by atoms with E-state index in [-0.39, 0.29) is 42.5 Å². The first-order chi connectivity index (χ1) is 10.6. The van der Waals surface area contributed by atoms with Crippen molar-refractivity contribution in [3.05, 3.63) is 35.6 Å². The fourth-order valence-electron chi connectivity index (χ4n) is 2.50. The fourth-order valence-corrected chi connectivity index (χ4v) is 2.50. The largest absolute Gasteiger partial charge is 0.350 e. The standard InChI is InChI=1S/C16H22FN3O2.ClH/c1-2-20(16(22)13-7-8-18-10-13)11-15(21)19-9-12-3-5-14(17)6-4-12;/h3-6,13,18H,2,7-11H2,1H3,(H,19,21);1H. The van der Waals surface area contributed by atoms with Crippen LogP contribution >= 0.6 is 12.4 Å². The quantitative estimate of drug-likeness (QED) is 0.819. The van der Waals surface area contributed by atoms with Crippen LogP contribution in [-0.2, 0) is 16.1 Å². The molecule has 1 fully saturated rings. The predicted octanol–water partition coefficient (Wildman–Crippen LogP) is 1.32. The second kappa shape index (κ2) is 9.47. The Balaban J connectivity index is 0.00000264. The van der Waals surface area contributed by atoms with E-state index in [2.05, 4.69) is 10.6 Å². The summed E-state index contributed by atoms with van der Waals surface area (Å²) in [4.78, 5) is 25.8. The van der Waals surface area contributed by atoms with E-state index in [4.69, 9.17) is 0 Å². The monoisotopic (exact) mass is 343 g/mol. The first-order valence-corrected chi connectivity index (χ1v) is 7.60. The van der Waals surface area contributed by atoms with Gasteiger partial charge in [-0.25, -0.2) is 4.39 Å². The number of nitrogens with one attached hydrogen (secondary N) is 2. The van der Waals surface area contributed by atoms with Gasteiger partial charge in [-0.2, -0.15) is 0 Å². The van der Waals surface area contributed by atoms with Crippen molar-refractivity contribution in [3.63, 3.8) is 0 Å². The van der Waals surface area contributed by atoms with Crippen LogP contribution in [0.25, 0.3) is 0 Å². The highest BCUT2D eigenvalue weighted by Crippen LogP contribution is 2.11. The van der Waals surface area contributed by atoms with Crippen molar-refractivity contribution in [3.8, 4) is 0 Å². The summed E-state index contributed by atoms with van der Waals surface area (Å²) in [6, 6.07) is 5.97. The van der Waals surface area contributed by atoms with Gasteiger partial charge in [0.1, 0.15) is 5.82 Å². The molecular formula is C16H23ClFN3O2. The lowest BCUT2D eigenvalue weighted by Crippen LogP contribution is -2.43. The lowest BCUT2D eigenvalue weighted by atomic mass is 10.1. The Bertz CT molecular complexity index is 519. The average molecular weight is 344 g/mol. The minimum atomic E-state index is -0.303. The lowest BCUT2D eigenvalue weighted by molar-refractivity contribution is -0.138. The van der Waals surface area contributed by atoms with Crippen LogP contribution in [0.2, 0.25) is 0 Å². The Morgan fingerprint density at radius 1 is 1.35 bits per heavy atom. The maximum absolute atomic E-state index is 12.8. The number of nitrogens with zero attached hydrogens (tertiary/aromatic N) is 1. The number of halogens is 2. The van der Waals surface area contributed by atoms with Gasteiger partial charge in [-0.3, -0.25) is 9.59 Å². The van der Waals surface area contributed by atoms with Crippen molar-refractivity contribution in [1.82, 2.24) is 15.5 Å². The van der Waals surface area contributed by atoms with Crippen LogP contribution in [0.15, 0.2) is 24.3 Å². The Morgan fingerprint density at radius 2 is 2.04 bits per heavy atom. The summed E-state index contributed by atoms with van der Waals surface area (Å²) in [6.45, 7) is 4.31. The van der Waals surface area contributed by atoms with Crippen molar-refractivity contribution >= 4 is 24.2 Å². The van der Waals surface area contributed by atoms with Gasteiger partial charge in [-0.1, -0.05) is 12.1 Å². The van der Waals surface area contributed by atoms with E-state index in [0.717, 1.165) is 18.5 Å². The lowest BCUT2D eigenvalue weighted by Gasteiger charge is -2.23. The van der Waals surface area contributed by atoms with Crippen LogP contribution < -0.4 is 10.6 Å². The highest BCUT2D eigenvalue weighted by Gasteiger charge is 2.27. The molecule has 2 amide bonds. The van der Waals surface area contributed by atoms with E-state index >= 15 is 0 Å². The van der Waals surface area contributed by atoms with Gasteiger partial charge in [0.05, 0.1) is 12.5 Å². The average Bonchev–Trinajstić information content (AvgIpc) is 3.06. The second-order valence-electron chi connectivity index (χ2n) is 5.45. The van der Waals surface area contributed by atoms with E-state index in [0.29, 0.717) is 19.6 Å². The summed E-state index contributed by atoms with van der Waals surface area (Å²) < 4.78 is 12.8. The molecule has 1 unspecified atom stereocenters. The van der Waals surface area contributed by atoms with E-state index in [9.17, 15) is 14.0 Å². The third-order valence-corrected chi connectivity index (χ3v) is 3.84. The van der Waals surface area contributed by atoms with Crippen LogP contribution in [-0.4, -0.2) is 42.9 Å². The molecule has 7 heteroatoms. The first-order valence-electron chi connectivity index (χ1n) is 7.60. The van der Waals surface area contributed by atoms with Crippen molar-refractivity contribution in [2.75, 3.05) is 26.2 Å². The summed E-state index contributed by atoms with van der Waals surface area (Å²) in [5, 5.41) is 5.92. The molecule has 2 rings (SSSR count). The molecule has 128 valence electrons. The molecule has 23 heavy (non-hydrogen) atoms. The maximum atomic E-state index is 12.8. The van der Waals surface area contributed by atoms with Gasteiger partial charge in [0.2, 0.25) is 11.8 Å². The van der Waals surface area contributed by atoms with Crippen molar-refractivity contribution in [2.45, 2.75) is 19.9 Å². The Hall–Kier alpha value is -1.66. The van der Waals surface area contributed by atoms with Gasteiger partial charge in [-0.05, 0) is 37.6 Å². The van der Waals surface area contributed by atoms with E-state index < -0.39 is 0 Å². The molecule has 2 N–H and O–H groups in total. The number of carbonyl (C=O) groups excluding carboxylic acids is 2. The molecule has 1 aliphatic heterocycles. The zero-order valence-corrected chi connectivity index (χ0v) is 14.0. The van der Waals surface area contributed by atoms with E-state index in [1.54, 1.807) is 17.0 Å². The summed E-state index contributed by atoms with van der Waals surface area (Å²) >= 11 is 0. The molecule has 1 aliphatic rings. The minimum absolute atomic E-state index is 0. The van der Waals surface area contributed by atoms with Crippen molar-refractivity contribution in [1.29, 1.82) is 0 Å². The zero-order valence-electron chi connectivity index (χ0n) is 13.2. The first kappa shape index (κ1) is 19.4. The van der Waals surface area contributed by atoms with E-state index in [1.807, 2.05) is 6.92 Å².